The van der Waals surface area contributed by atoms with Gasteiger partial charge in [0.1, 0.15) is 12.7 Å². The van der Waals surface area contributed by atoms with E-state index in [1.54, 1.807) is 0 Å². The zero-order valence-electron chi connectivity index (χ0n) is 16.0. The molecule has 0 radical (unpaired) electrons. The first-order chi connectivity index (χ1) is 13.0. The van der Waals surface area contributed by atoms with Crippen LogP contribution in [-0.2, 0) is 47.7 Å². The summed E-state index contributed by atoms with van der Waals surface area (Å²) in [6.07, 6.45) is -5.43. The van der Waals surface area contributed by atoms with Gasteiger partial charge in [-0.15, -0.1) is 0 Å². The van der Waals surface area contributed by atoms with Crippen LogP contribution in [0.1, 0.15) is 27.7 Å². The molecule has 0 bridgehead atoms. The first-order valence-corrected chi connectivity index (χ1v) is 8.28. The Balaban J connectivity index is 3.32. The van der Waals surface area contributed by atoms with Crippen molar-refractivity contribution in [2.45, 2.75) is 58.3 Å². The molecule has 0 aromatic carbocycles. The van der Waals surface area contributed by atoms with Crippen LogP contribution in [0.15, 0.2) is 12.7 Å². The molecule has 11 heteroatoms. The van der Waals surface area contributed by atoms with Crippen LogP contribution in [0.2, 0.25) is 0 Å². The molecule has 0 aromatic heterocycles. The third-order valence-corrected chi connectivity index (χ3v) is 3.46. The van der Waals surface area contributed by atoms with Crippen molar-refractivity contribution in [1.82, 2.24) is 5.32 Å². The minimum atomic E-state index is -1.34. The summed E-state index contributed by atoms with van der Waals surface area (Å²) in [7, 11) is 0. The third-order valence-electron chi connectivity index (χ3n) is 3.46. The van der Waals surface area contributed by atoms with Crippen molar-refractivity contribution in [3.63, 3.8) is 0 Å². The number of amides is 1. The fraction of sp³-hybridized carbons (Fsp3) is 0.588. The Kier molecular flexibility index (Phi) is 8.58. The van der Waals surface area contributed by atoms with E-state index in [1.165, 1.54) is 0 Å². The number of nitrogens with one attached hydrogen (secondary N) is 1. The summed E-state index contributed by atoms with van der Waals surface area (Å²) in [5.41, 5.74) is 0. The standard InChI is InChI=1S/C17H23NO10/c1-6-13(23)18-17-16(27-11(5)22)15(26-10(4)21)14(25-9(3)20)12(28-17)7-24-8(2)19/h6,12,14-17H,1,7H2,2-5H3,(H,18,23)/t12-,14-,15+,16-,17-/m0/s1. The average Bonchev–Trinajstić information content (AvgIpc) is 2.57. The first kappa shape index (κ1) is 23.1. The highest BCUT2D eigenvalue weighted by Crippen LogP contribution is 2.28. The zero-order chi connectivity index (χ0) is 21.4. The van der Waals surface area contributed by atoms with Gasteiger partial charge in [-0.05, 0) is 6.08 Å². The summed E-state index contributed by atoms with van der Waals surface area (Å²) < 4.78 is 26.1. The quantitative estimate of drug-likeness (QED) is 0.333. The Bertz CT molecular complexity index is 646. The van der Waals surface area contributed by atoms with Gasteiger partial charge in [0, 0.05) is 27.7 Å². The van der Waals surface area contributed by atoms with E-state index in [9.17, 15) is 24.0 Å². The molecule has 0 spiro atoms. The maximum Gasteiger partial charge on any atom is 0.303 e. The molecule has 11 nitrogen and oxygen atoms in total. The predicted molar refractivity (Wildman–Crippen MR) is 90.3 cm³/mol. The summed E-state index contributed by atoms with van der Waals surface area (Å²) >= 11 is 0. The van der Waals surface area contributed by atoms with Crippen molar-refractivity contribution in [2.75, 3.05) is 6.61 Å². The number of carbonyl (C=O) groups is 5. The average molecular weight is 401 g/mol. The molecule has 5 atom stereocenters. The lowest BCUT2D eigenvalue weighted by atomic mass is 9.97. The van der Waals surface area contributed by atoms with Crippen LogP contribution >= 0.6 is 0 Å². The lowest BCUT2D eigenvalue weighted by Crippen LogP contribution is -2.66. The number of hydrogen-bond acceptors (Lipinski definition) is 10. The summed E-state index contributed by atoms with van der Waals surface area (Å²) in [6.45, 7) is 7.41. The van der Waals surface area contributed by atoms with E-state index in [0.717, 1.165) is 33.8 Å². The second-order valence-electron chi connectivity index (χ2n) is 5.83. The van der Waals surface area contributed by atoms with E-state index < -0.39 is 60.4 Å². The molecule has 1 N–H and O–H groups in total. The molecule has 1 heterocycles. The normalized spacial score (nSPS) is 26.4. The third kappa shape index (κ3) is 6.99. The molecule has 1 rings (SSSR count). The van der Waals surface area contributed by atoms with Gasteiger partial charge in [0.15, 0.2) is 24.5 Å². The Morgan fingerprint density at radius 2 is 1.36 bits per heavy atom. The van der Waals surface area contributed by atoms with Crippen LogP contribution in [-0.4, -0.2) is 67.0 Å². The predicted octanol–water partition coefficient (Wildman–Crippen LogP) is -0.628. The minimum Gasteiger partial charge on any atom is -0.463 e. The fourth-order valence-corrected chi connectivity index (χ4v) is 2.54. The van der Waals surface area contributed by atoms with Gasteiger partial charge in [-0.1, -0.05) is 6.58 Å². The molecular formula is C17H23NO10. The van der Waals surface area contributed by atoms with E-state index >= 15 is 0 Å². The molecule has 1 amide bonds. The Hall–Kier alpha value is -2.95. The molecule has 1 aliphatic heterocycles. The molecular weight excluding hydrogens is 378 g/mol. The van der Waals surface area contributed by atoms with Gasteiger partial charge < -0.3 is 29.0 Å². The van der Waals surface area contributed by atoms with Crippen molar-refractivity contribution in [3.8, 4) is 0 Å². The van der Waals surface area contributed by atoms with Crippen LogP contribution in [0.4, 0.5) is 0 Å². The van der Waals surface area contributed by atoms with E-state index in [0.29, 0.717) is 0 Å². The van der Waals surface area contributed by atoms with Crippen LogP contribution in [0.25, 0.3) is 0 Å². The molecule has 0 aromatic rings. The van der Waals surface area contributed by atoms with Gasteiger partial charge in [-0.2, -0.15) is 0 Å². The van der Waals surface area contributed by atoms with Crippen molar-refractivity contribution >= 4 is 29.8 Å². The van der Waals surface area contributed by atoms with Crippen LogP contribution in [0, 0.1) is 0 Å². The number of hydrogen-bond donors (Lipinski definition) is 1. The first-order valence-electron chi connectivity index (χ1n) is 8.28. The highest BCUT2D eigenvalue weighted by molar-refractivity contribution is 5.87. The fourth-order valence-electron chi connectivity index (χ4n) is 2.54. The number of ether oxygens (including phenoxy) is 5. The van der Waals surface area contributed by atoms with Crippen molar-refractivity contribution in [3.05, 3.63) is 12.7 Å². The summed E-state index contributed by atoms with van der Waals surface area (Å²) in [4.78, 5) is 57.6. The maximum absolute atomic E-state index is 11.7. The lowest BCUT2D eigenvalue weighted by Gasteiger charge is -2.44. The van der Waals surface area contributed by atoms with Crippen LogP contribution in [0.3, 0.4) is 0 Å². The Morgan fingerprint density at radius 1 is 0.857 bits per heavy atom. The van der Waals surface area contributed by atoms with Gasteiger partial charge in [-0.25, -0.2) is 0 Å². The topological polar surface area (TPSA) is 144 Å². The molecule has 0 saturated carbocycles. The van der Waals surface area contributed by atoms with E-state index in [4.69, 9.17) is 23.7 Å². The monoisotopic (exact) mass is 401 g/mol. The summed E-state index contributed by atoms with van der Waals surface area (Å²) in [5, 5.41) is 2.39. The summed E-state index contributed by atoms with van der Waals surface area (Å²) in [6, 6.07) is 0. The zero-order valence-corrected chi connectivity index (χ0v) is 16.0. The molecule has 0 unspecified atom stereocenters. The highest BCUT2D eigenvalue weighted by Gasteiger charge is 2.52. The lowest BCUT2D eigenvalue weighted by molar-refractivity contribution is -0.256. The SMILES string of the molecule is C=CC(=O)N[C@H]1O[C@@H](COC(C)=O)[C@H](OC(C)=O)[C@@H](OC(C)=O)[C@@H]1OC(C)=O. The summed E-state index contributed by atoms with van der Waals surface area (Å²) in [5.74, 6) is -3.57. The Morgan fingerprint density at radius 3 is 1.82 bits per heavy atom. The van der Waals surface area contributed by atoms with Gasteiger partial charge in [0.05, 0.1) is 0 Å². The molecule has 28 heavy (non-hydrogen) atoms. The molecule has 156 valence electrons. The smallest absolute Gasteiger partial charge is 0.303 e. The second kappa shape index (κ2) is 10.4. The Labute approximate surface area is 161 Å². The minimum absolute atomic E-state index is 0.377. The van der Waals surface area contributed by atoms with E-state index in [-0.39, 0.29) is 6.61 Å². The van der Waals surface area contributed by atoms with E-state index in [1.807, 2.05) is 0 Å². The van der Waals surface area contributed by atoms with Crippen molar-refractivity contribution in [2.24, 2.45) is 0 Å². The second-order valence-corrected chi connectivity index (χ2v) is 5.83. The van der Waals surface area contributed by atoms with Crippen molar-refractivity contribution < 1.29 is 47.7 Å². The van der Waals surface area contributed by atoms with Crippen LogP contribution < -0.4 is 5.32 Å². The van der Waals surface area contributed by atoms with Gasteiger partial charge in [0.2, 0.25) is 5.91 Å². The van der Waals surface area contributed by atoms with Crippen LogP contribution in [0.5, 0.6) is 0 Å². The largest absolute Gasteiger partial charge is 0.463 e. The number of esters is 4. The number of carbonyl (C=O) groups excluding carboxylic acids is 5. The molecule has 1 fully saturated rings. The highest BCUT2D eigenvalue weighted by atomic mass is 16.7. The molecule has 0 aliphatic carbocycles. The number of rotatable bonds is 7. The van der Waals surface area contributed by atoms with Gasteiger partial charge in [-0.3, -0.25) is 24.0 Å². The molecule has 1 aliphatic rings. The van der Waals surface area contributed by atoms with Crippen molar-refractivity contribution in [1.29, 1.82) is 0 Å². The van der Waals surface area contributed by atoms with Gasteiger partial charge in [0.25, 0.3) is 0 Å². The van der Waals surface area contributed by atoms with E-state index in [2.05, 4.69) is 11.9 Å². The molecule has 1 saturated heterocycles. The maximum atomic E-state index is 11.7. The van der Waals surface area contributed by atoms with Gasteiger partial charge >= 0.3 is 23.9 Å².